The van der Waals surface area contributed by atoms with Crippen molar-refractivity contribution in [1.82, 2.24) is 5.32 Å². The van der Waals surface area contributed by atoms with Gasteiger partial charge in [0.15, 0.2) is 0 Å². The fourth-order valence-corrected chi connectivity index (χ4v) is 1.65. The molecule has 0 aromatic heterocycles. The van der Waals surface area contributed by atoms with Crippen LogP contribution in [0.1, 0.15) is 32.6 Å². The number of aliphatic hydroxyl groups is 1. The summed E-state index contributed by atoms with van der Waals surface area (Å²) in [6.45, 7) is 6.66. The normalized spacial score (nSPS) is 30.2. The van der Waals surface area contributed by atoms with E-state index in [0.29, 0.717) is 6.04 Å². The monoisotopic (exact) mass is 169 g/mol. The van der Waals surface area contributed by atoms with Crippen LogP contribution < -0.4 is 5.32 Å². The average Bonchev–Trinajstić information content (AvgIpc) is 2.03. The van der Waals surface area contributed by atoms with Crippen LogP contribution in [-0.2, 0) is 0 Å². The molecule has 0 aromatic carbocycles. The van der Waals surface area contributed by atoms with Gasteiger partial charge < -0.3 is 10.4 Å². The Morgan fingerprint density at radius 2 is 2.17 bits per heavy atom. The van der Waals surface area contributed by atoms with E-state index in [1.54, 1.807) is 0 Å². The van der Waals surface area contributed by atoms with Gasteiger partial charge in [-0.1, -0.05) is 25.0 Å². The minimum Gasteiger partial charge on any atom is -0.392 e. The van der Waals surface area contributed by atoms with Gasteiger partial charge in [0.25, 0.3) is 0 Å². The molecule has 0 saturated heterocycles. The molecule has 0 amide bonds. The molecule has 0 spiro atoms. The molecule has 2 atom stereocenters. The van der Waals surface area contributed by atoms with Gasteiger partial charge in [0.1, 0.15) is 0 Å². The maximum absolute atomic E-state index is 9.59. The largest absolute Gasteiger partial charge is 0.392 e. The summed E-state index contributed by atoms with van der Waals surface area (Å²) in [5.41, 5.74) is 1.13. The van der Waals surface area contributed by atoms with Crippen LogP contribution in [0.15, 0.2) is 12.2 Å². The number of hydrogen-bond acceptors (Lipinski definition) is 2. The highest BCUT2D eigenvalue weighted by Gasteiger charge is 2.21. The molecule has 0 aromatic rings. The number of rotatable bonds is 3. The first-order chi connectivity index (χ1) is 5.70. The molecule has 12 heavy (non-hydrogen) atoms. The first-order valence-electron chi connectivity index (χ1n) is 4.76. The van der Waals surface area contributed by atoms with Crippen LogP contribution in [0.25, 0.3) is 0 Å². The van der Waals surface area contributed by atoms with Crippen LogP contribution >= 0.6 is 0 Å². The van der Waals surface area contributed by atoms with Crippen molar-refractivity contribution in [3.05, 3.63) is 12.2 Å². The lowest BCUT2D eigenvalue weighted by Gasteiger charge is -2.28. The third-order valence-corrected chi connectivity index (χ3v) is 2.40. The van der Waals surface area contributed by atoms with Crippen LogP contribution in [0.5, 0.6) is 0 Å². The smallest absolute Gasteiger partial charge is 0.0693 e. The quantitative estimate of drug-likeness (QED) is 0.627. The molecule has 1 rings (SSSR count). The lowest BCUT2D eigenvalue weighted by Crippen LogP contribution is -2.42. The minimum atomic E-state index is -0.141. The molecule has 1 saturated carbocycles. The molecule has 1 aliphatic rings. The maximum Gasteiger partial charge on any atom is 0.0693 e. The van der Waals surface area contributed by atoms with E-state index in [9.17, 15) is 5.11 Å². The van der Waals surface area contributed by atoms with Crippen molar-refractivity contribution in [2.24, 2.45) is 0 Å². The molecule has 0 bridgehead atoms. The summed E-state index contributed by atoms with van der Waals surface area (Å²) in [6, 6.07) is 0.301. The third-order valence-electron chi connectivity index (χ3n) is 2.40. The molecule has 70 valence electrons. The summed E-state index contributed by atoms with van der Waals surface area (Å²) in [5.74, 6) is 0. The summed E-state index contributed by atoms with van der Waals surface area (Å²) in [5, 5.41) is 12.9. The van der Waals surface area contributed by atoms with Gasteiger partial charge >= 0.3 is 0 Å². The van der Waals surface area contributed by atoms with Crippen LogP contribution in [0.2, 0.25) is 0 Å². The molecule has 2 nitrogen and oxygen atoms in total. The SMILES string of the molecule is C=C(C)CNC1CCCCC1O. The first kappa shape index (κ1) is 9.75. The number of hydrogen-bond donors (Lipinski definition) is 2. The summed E-state index contributed by atoms with van der Waals surface area (Å²) in [6.07, 6.45) is 4.33. The molecule has 2 unspecified atom stereocenters. The molecular weight excluding hydrogens is 150 g/mol. The highest BCUT2D eigenvalue weighted by molar-refractivity contribution is 4.93. The summed E-state index contributed by atoms with van der Waals surface area (Å²) in [4.78, 5) is 0. The van der Waals surface area contributed by atoms with Crippen molar-refractivity contribution in [3.63, 3.8) is 0 Å². The standard InChI is InChI=1S/C10H19NO/c1-8(2)7-11-9-5-3-4-6-10(9)12/h9-12H,1,3-7H2,2H3. The van der Waals surface area contributed by atoms with Crippen molar-refractivity contribution >= 4 is 0 Å². The van der Waals surface area contributed by atoms with Gasteiger partial charge in [-0.05, 0) is 19.8 Å². The van der Waals surface area contributed by atoms with Gasteiger partial charge in [-0.3, -0.25) is 0 Å². The molecular formula is C10H19NO. The Morgan fingerprint density at radius 1 is 1.50 bits per heavy atom. The van der Waals surface area contributed by atoms with E-state index in [4.69, 9.17) is 0 Å². The van der Waals surface area contributed by atoms with E-state index in [-0.39, 0.29) is 6.10 Å². The highest BCUT2D eigenvalue weighted by atomic mass is 16.3. The molecule has 0 aliphatic heterocycles. The van der Waals surface area contributed by atoms with E-state index in [1.165, 1.54) is 12.8 Å². The van der Waals surface area contributed by atoms with Crippen LogP contribution in [0, 0.1) is 0 Å². The maximum atomic E-state index is 9.59. The van der Waals surface area contributed by atoms with E-state index in [0.717, 1.165) is 25.0 Å². The zero-order chi connectivity index (χ0) is 8.97. The summed E-state index contributed by atoms with van der Waals surface area (Å²) < 4.78 is 0. The van der Waals surface area contributed by atoms with E-state index in [2.05, 4.69) is 11.9 Å². The second-order valence-electron chi connectivity index (χ2n) is 3.80. The van der Waals surface area contributed by atoms with Gasteiger partial charge in [0.2, 0.25) is 0 Å². The van der Waals surface area contributed by atoms with Gasteiger partial charge in [-0.2, -0.15) is 0 Å². The predicted octanol–water partition coefficient (Wildman–Crippen LogP) is 1.46. The van der Waals surface area contributed by atoms with Crippen molar-refractivity contribution in [2.75, 3.05) is 6.54 Å². The Kier molecular flexibility index (Phi) is 3.76. The Hall–Kier alpha value is -0.340. The summed E-state index contributed by atoms with van der Waals surface area (Å²) >= 11 is 0. The van der Waals surface area contributed by atoms with Gasteiger partial charge in [0.05, 0.1) is 6.10 Å². The first-order valence-corrected chi connectivity index (χ1v) is 4.76. The minimum absolute atomic E-state index is 0.141. The molecule has 0 heterocycles. The fraction of sp³-hybridized carbons (Fsp3) is 0.800. The summed E-state index contributed by atoms with van der Waals surface area (Å²) in [7, 11) is 0. The van der Waals surface area contributed by atoms with Crippen molar-refractivity contribution in [3.8, 4) is 0 Å². The second-order valence-corrected chi connectivity index (χ2v) is 3.80. The second kappa shape index (κ2) is 4.63. The van der Waals surface area contributed by atoms with Crippen LogP contribution in [0.3, 0.4) is 0 Å². The van der Waals surface area contributed by atoms with Crippen molar-refractivity contribution < 1.29 is 5.11 Å². The topological polar surface area (TPSA) is 32.3 Å². The number of nitrogens with one attached hydrogen (secondary N) is 1. The van der Waals surface area contributed by atoms with E-state index in [1.807, 2.05) is 6.92 Å². The van der Waals surface area contributed by atoms with Gasteiger partial charge in [0, 0.05) is 12.6 Å². The molecule has 2 heteroatoms. The van der Waals surface area contributed by atoms with Crippen LogP contribution in [-0.4, -0.2) is 23.8 Å². The molecule has 0 radical (unpaired) electrons. The Labute approximate surface area is 74.7 Å². The Bertz CT molecular complexity index is 156. The molecule has 1 fully saturated rings. The third kappa shape index (κ3) is 2.95. The lowest BCUT2D eigenvalue weighted by molar-refractivity contribution is 0.0925. The predicted molar refractivity (Wildman–Crippen MR) is 51.1 cm³/mol. The molecule has 2 N–H and O–H groups in total. The number of aliphatic hydroxyl groups excluding tert-OH is 1. The van der Waals surface area contributed by atoms with Crippen molar-refractivity contribution in [1.29, 1.82) is 0 Å². The van der Waals surface area contributed by atoms with Crippen LogP contribution in [0.4, 0.5) is 0 Å². The fourth-order valence-electron chi connectivity index (χ4n) is 1.65. The average molecular weight is 169 g/mol. The highest BCUT2D eigenvalue weighted by Crippen LogP contribution is 2.18. The lowest BCUT2D eigenvalue weighted by atomic mass is 9.92. The molecule has 1 aliphatic carbocycles. The van der Waals surface area contributed by atoms with Gasteiger partial charge in [-0.25, -0.2) is 0 Å². The van der Waals surface area contributed by atoms with Crippen molar-refractivity contribution in [2.45, 2.75) is 44.8 Å². The zero-order valence-electron chi connectivity index (χ0n) is 7.84. The zero-order valence-corrected chi connectivity index (χ0v) is 7.84. The Morgan fingerprint density at radius 3 is 2.75 bits per heavy atom. The van der Waals surface area contributed by atoms with E-state index < -0.39 is 0 Å². The van der Waals surface area contributed by atoms with Gasteiger partial charge in [-0.15, -0.1) is 0 Å². The Balaban J connectivity index is 2.24. The van der Waals surface area contributed by atoms with E-state index >= 15 is 0 Å².